The molecule has 0 saturated carbocycles. The first-order valence-corrected chi connectivity index (χ1v) is 7.99. The molecule has 4 heteroatoms. The summed E-state index contributed by atoms with van der Waals surface area (Å²) in [6.07, 6.45) is 1.66. The molecule has 2 aromatic heterocycles. The van der Waals surface area contributed by atoms with Gasteiger partial charge in [0.1, 0.15) is 5.65 Å². The number of benzene rings is 2. The SMILES string of the molecule is CCC(N)Cc1c2ccccc2n2c1[nH]c(=O)c1ccccc12. The average Bonchev–Trinajstić information content (AvgIpc) is 2.89. The predicted octanol–water partition coefficient (Wildman–Crippen LogP) is 3.21. The van der Waals surface area contributed by atoms with Crippen molar-refractivity contribution >= 4 is 27.5 Å². The van der Waals surface area contributed by atoms with Crippen molar-refractivity contribution in [3.63, 3.8) is 0 Å². The van der Waals surface area contributed by atoms with Crippen LogP contribution in [0.1, 0.15) is 18.9 Å². The number of aromatic amines is 1. The van der Waals surface area contributed by atoms with Crippen molar-refractivity contribution in [3.8, 4) is 0 Å². The molecule has 0 aliphatic carbocycles. The van der Waals surface area contributed by atoms with Crippen molar-refractivity contribution in [2.75, 3.05) is 0 Å². The first-order chi connectivity index (χ1) is 11.2. The zero-order chi connectivity index (χ0) is 16.0. The van der Waals surface area contributed by atoms with Gasteiger partial charge in [0, 0.05) is 17.0 Å². The Kier molecular flexibility index (Phi) is 3.20. The molecular weight excluding hydrogens is 286 g/mol. The molecule has 0 amide bonds. The Morgan fingerprint density at radius 1 is 1.04 bits per heavy atom. The zero-order valence-corrected chi connectivity index (χ0v) is 13.0. The minimum Gasteiger partial charge on any atom is -0.327 e. The maximum Gasteiger partial charge on any atom is 0.258 e. The lowest BCUT2D eigenvalue weighted by Gasteiger charge is -2.08. The molecule has 1 atom stereocenters. The molecule has 0 spiro atoms. The van der Waals surface area contributed by atoms with Gasteiger partial charge in [-0.05, 0) is 31.0 Å². The van der Waals surface area contributed by atoms with Gasteiger partial charge in [-0.15, -0.1) is 0 Å². The van der Waals surface area contributed by atoms with Gasteiger partial charge in [0.05, 0.1) is 16.4 Å². The summed E-state index contributed by atoms with van der Waals surface area (Å²) < 4.78 is 2.14. The molecule has 4 nitrogen and oxygen atoms in total. The number of hydrogen-bond donors (Lipinski definition) is 2. The van der Waals surface area contributed by atoms with Gasteiger partial charge in [0.2, 0.25) is 0 Å². The molecule has 2 heterocycles. The molecule has 4 aromatic rings. The van der Waals surface area contributed by atoms with E-state index in [1.807, 2.05) is 36.4 Å². The smallest absolute Gasteiger partial charge is 0.258 e. The van der Waals surface area contributed by atoms with E-state index < -0.39 is 0 Å². The Labute approximate surface area is 133 Å². The number of aromatic nitrogens is 2. The van der Waals surface area contributed by atoms with E-state index in [-0.39, 0.29) is 11.6 Å². The van der Waals surface area contributed by atoms with Crippen molar-refractivity contribution in [2.24, 2.45) is 5.73 Å². The monoisotopic (exact) mass is 305 g/mol. The summed E-state index contributed by atoms with van der Waals surface area (Å²) in [4.78, 5) is 15.5. The lowest BCUT2D eigenvalue weighted by molar-refractivity contribution is 0.650. The quantitative estimate of drug-likeness (QED) is 0.610. The summed E-state index contributed by atoms with van der Waals surface area (Å²) in [7, 11) is 0. The number of hydrogen-bond acceptors (Lipinski definition) is 2. The second-order valence-electron chi connectivity index (χ2n) is 6.02. The number of rotatable bonds is 3. The van der Waals surface area contributed by atoms with E-state index in [0.29, 0.717) is 5.39 Å². The highest BCUT2D eigenvalue weighted by Crippen LogP contribution is 2.28. The molecule has 23 heavy (non-hydrogen) atoms. The molecule has 0 saturated heterocycles. The van der Waals surface area contributed by atoms with E-state index in [0.717, 1.165) is 40.5 Å². The van der Waals surface area contributed by atoms with E-state index in [2.05, 4.69) is 28.4 Å². The first kappa shape index (κ1) is 14.0. The van der Waals surface area contributed by atoms with Crippen LogP contribution in [0.4, 0.5) is 0 Å². The zero-order valence-electron chi connectivity index (χ0n) is 13.0. The van der Waals surface area contributed by atoms with Crippen LogP contribution in [-0.2, 0) is 6.42 Å². The fraction of sp³-hybridized carbons (Fsp3) is 0.211. The number of nitrogens with one attached hydrogen (secondary N) is 1. The van der Waals surface area contributed by atoms with Crippen LogP contribution >= 0.6 is 0 Å². The van der Waals surface area contributed by atoms with Crippen LogP contribution in [0.2, 0.25) is 0 Å². The lowest BCUT2D eigenvalue weighted by atomic mass is 10.0. The van der Waals surface area contributed by atoms with Gasteiger partial charge in [-0.1, -0.05) is 37.3 Å². The third-order valence-corrected chi connectivity index (χ3v) is 4.59. The summed E-state index contributed by atoms with van der Waals surface area (Å²) in [5.74, 6) is 0. The highest BCUT2D eigenvalue weighted by atomic mass is 16.1. The highest BCUT2D eigenvalue weighted by molar-refractivity contribution is 5.96. The largest absolute Gasteiger partial charge is 0.327 e. The minimum absolute atomic E-state index is 0.0535. The van der Waals surface area contributed by atoms with E-state index in [9.17, 15) is 4.79 Å². The molecular formula is C19H19N3O. The Morgan fingerprint density at radius 2 is 1.65 bits per heavy atom. The van der Waals surface area contributed by atoms with Gasteiger partial charge >= 0.3 is 0 Å². The summed E-state index contributed by atoms with van der Waals surface area (Å²) in [5.41, 5.74) is 10.2. The number of nitrogens with zero attached hydrogens (tertiary/aromatic N) is 1. The van der Waals surface area contributed by atoms with Crippen molar-refractivity contribution in [1.29, 1.82) is 0 Å². The van der Waals surface area contributed by atoms with Gasteiger partial charge in [0.25, 0.3) is 5.56 Å². The minimum atomic E-state index is -0.0535. The fourth-order valence-corrected chi connectivity index (χ4v) is 3.34. The number of nitrogens with two attached hydrogens (primary N) is 1. The molecule has 0 fully saturated rings. The third-order valence-electron chi connectivity index (χ3n) is 4.59. The predicted molar refractivity (Wildman–Crippen MR) is 95.0 cm³/mol. The van der Waals surface area contributed by atoms with Crippen molar-refractivity contribution in [2.45, 2.75) is 25.8 Å². The third kappa shape index (κ3) is 2.06. The summed E-state index contributed by atoms with van der Waals surface area (Å²) in [5, 5.41) is 1.86. The summed E-state index contributed by atoms with van der Waals surface area (Å²) in [6, 6.07) is 16.0. The van der Waals surface area contributed by atoms with E-state index in [4.69, 9.17) is 5.73 Å². The van der Waals surface area contributed by atoms with Crippen LogP contribution in [0.5, 0.6) is 0 Å². The Balaban J connectivity index is 2.21. The van der Waals surface area contributed by atoms with Crippen molar-refractivity contribution in [3.05, 3.63) is 64.4 Å². The van der Waals surface area contributed by atoms with E-state index in [1.54, 1.807) is 0 Å². The maximum absolute atomic E-state index is 12.5. The second kappa shape index (κ2) is 5.25. The molecule has 4 rings (SSSR count). The molecule has 0 aliphatic rings. The van der Waals surface area contributed by atoms with Gasteiger partial charge in [-0.2, -0.15) is 0 Å². The van der Waals surface area contributed by atoms with E-state index in [1.165, 1.54) is 0 Å². The summed E-state index contributed by atoms with van der Waals surface area (Å²) >= 11 is 0. The van der Waals surface area contributed by atoms with Gasteiger partial charge in [-0.3, -0.25) is 9.20 Å². The Hall–Kier alpha value is -2.59. The molecule has 0 radical (unpaired) electrons. The lowest BCUT2D eigenvalue weighted by Crippen LogP contribution is -2.21. The van der Waals surface area contributed by atoms with Crippen LogP contribution in [0.15, 0.2) is 53.3 Å². The molecule has 2 aromatic carbocycles. The van der Waals surface area contributed by atoms with Gasteiger partial charge in [-0.25, -0.2) is 0 Å². The van der Waals surface area contributed by atoms with Gasteiger partial charge < -0.3 is 10.7 Å². The Bertz CT molecular complexity index is 1070. The maximum atomic E-state index is 12.5. The molecule has 0 aliphatic heterocycles. The fourth-order valence-electron chi connectivity index (χ4n) is 3.34. The molecule has 1 unspecified atom stereocenters. The topological polar surface area (TPSA) is 63.3 Å². The Morgan fingerprint density at radius 3 is 2.35 bits per heavy atom. The van der Waals surface area contributed by atoms with Crippen LogP contribution in [0.3, 0.4) is 0 Å². The highest BCUT2D eigenvalue weighted by Gasteiger charge is 2.17. The van der Waals surface area contributed by atoms with Crippen LogP contribution in [0.25, 0.3) is 27.5 Å². The van der Waals surface area contributed by atoms with Crippen molar-refractivity contribution in [1.82, 2.24) is 9.38 Å². The molecule has 0 bridgehead atoms. The number of fused-ring (bicyclic) bond motifs is 5. The van der Waals surface area contributed by atoms with Crippen molar-refractivity contribution < 1.29 is 0 Å². The number of para-hydroxylation sites is 2. The van der Waals surface area contributed by atoms with Gasteiger partial charge in [0.15, 0.2) is 0 Å². The normalized spacial score (nSPS) is 13.1. The molecule has 116 valence electrons. The number of H-pyrrole nitrogens is 1. The average molecular weight is 305 g/mol. The summed E-state index contributed by atoms with van der Waals surface area (Å²) in [6.45, 7) is 2.09. The van der Waals surface area contributed by atoms with E-state index >= 15 is 0 Å². The van der Waals surface area contributed by atoms with Crippen LogP contribution in [-0.4, -0.2) is 15.4 Å². The van der Waals surface area contributed by atoms with Crippen LogP contribution < -0.4 is 11.3 Å². The molecule has 3 N–H and O–H groups in total. The standard InChI is InChI=1S/C19H19N3O/c1-2-12(20)11-15-13-7-3-5-9-16(13)22-17-10-6-4-8-14(17)19(23)21-18(15)22/h3-10,12H,2,11,20H2,1H3,(H,21,23). The van der Waals surface area contributed by atoms with Crippen LogP contribution in [0, 0.1) is 0 Å². The second-order valence-corrected chi connectivity index (χ2v) is 6.02. The first-order valence-electron chi connectivity index (χ1n) is 7.99.